The van der Waals surface area contributed by atoms with Gasteiger partial charge in [0, 0.05) is 31.6 Å². The summed E-state index contributed by atoms with van der Waals surface area (Å²) in [5.74, 6) is -0.632. The number of carbonyl (C=O) groups is 1. The van der Waals surface area contributed by atoms with Crippen molar-refractivity contribution in [3.63, 3.8) is 0 Å². The predicted octanol–water partition coefficient (Wildman–Crippen LogP) is 3.38. The molecule has 27 heavy (non-hydrogen) atoms. The average molecular weight is 401 g/mol. The first-order valence-electron chi connectivity index (χ1n) is 8.60. The molecule has 0 aliphatic carbocycles. The van der Waals surface area contributed by atoms with E-state index in [1.165, 1.54) is 16.2 Å². The molecule has 6 nitrogen and oxygen atoms in total. The van der Waals surface area contributed by atoms with Crippen LogP contribution < -0.4 is 4.90 Å². The number of aryl methyl sites for hydroxylation is 1. The zero-order valence-corrected chi connectivity index (χ0v) is 16.5. The molecule has 1 aliphatic heterocycles. The molecule has 3 heterocycles. The number of rotatable bonds is 2. The molecular weight excluding hydrogens is 379 g/mol. The third-order valence-electron chi connectivity index (χ3n) is 4.35. The van der Waals surface area contributed by atoms with Gasteiger partial charge in [0.1, 0.15) is 0 Å². The first-order valence-corrected chi connectivity index (χ1v) is 9.48. The van der Waals surface area contributed by atoms with Gasteiger partial charge in [-0.2, -0.15) is 18.3 Å². The van der Waals surface area contributed by atoms with E-state index in [9.17, 15) is 18.0 Å². The van der Waals surface area contributed by atoms with E-state index >= 15 is 0 Å². The Labute approximate surface area is 159 Å². The lowest BCUT2D eigenvalue weighted by Gasteiger charge is -2.34. The van der Waals surface area contributed by atoms with Gasteiger partial charge in [0.05, 0.1) is 23.0 Å². The second-order valence-corrected chi connectivity index (χ2v) is 8.37. The van der Waals surface area contributed by atoms with E-state index in [-0.39, 0.29) is 0 Å². The molecule has 1 saturated heterocycles. The summed E-state index contributed by atoms with van der Waals surface area (Å²) in [5.41, 5.74) is -1.34. The van der Waals surface area contributed by atoms with Gasteiger partial charge in [-0.1, -0.05) is 0 Å². The Morgan fingerprint density at radius 3 is 2.26 bits per heavy atom. The van der Waals surface area contributed by atoms with Crippen LogP contribution in [0.2, 0.25) is 0 Å². The molecule has 1 amide bonds. The van der Waals surface area contributed by atoms with Crippen LogP contribution in [0.5, 0.6) is 0 Å². The van der Waals surface area contributed by atoms with Crippen LogP contribution in [-0.4, -0.2) is 51.8 Å². The fourth-order valence-corrected chi connectivity index (χ4v) is 3.90. The summed E-state index contributed by atoms with van der Waals surface area (Å²) < 4.78 is 41.8. The first kappa shape index (κ1) is 19.7. The summed E-state index contributed by atoms with van der Waals surface area (Å²) in [6.07, 6.45) is -3.62. The topological polar surface area (TPSA) is 54.3 Å². The number of halogens is 3. The van der Waals surface area contributed by atoms with Crippen LogP contribution in [-0.2, 0) is 11.7 Å². The summed E-state index contributed by atoms with van der Waals surface area (Å²) in [6.45, 7) is 8.53. The minimum Gasteiger partial charge on any atom is -0.345 e. The summed E-state index contributed by atoms with van der Waals surface area (Å²) in [7, 11) is 0. The number of thiazole rings is 1. The van der Waals surface area contributed by atoms with Gasteiger partial charge in [-0.3, -0.25) is 9.48 Å². The maximum Gasteiger partial charge on any atom is 0.433 e. The van der Waals surface area contributed by atoms with Gasteiger partial charge in [0.25, 0.3) is 5.91 Å². The molecule has 0 N–H and O–H groups in total. The van der Waals surface area contributed by atoms with Gasteiger partial charge in [-0.05, 0) is 27.7 Å². The number of hydrogen-bond acceptors (Lipinski definition) is 5. The Bertz CT molecular complexity index is 828. The zero-order chi connectivity index (χ0) is 20.0. The summed E-state index contributed by atoms with van der Waals surface area (Å²) >= 11 is 1.52. The van der Waals surface area contributed by atoms with E-state index in [1.807, 2.05) is 17.2 Å². The zero-order valence-electron chi connectivity index (χ0n) is 15.7. The molecule has 0 aromatic carbocycles. The highest BCUT2D eigenvalue weighted by molar-refractivity contribution is 7.13. The van der Waals surface area contributed by atoms with E-state index in [0.717, 1.165) is 21.7 Å². The summed E-state index contributed by atoms with van der Waals surface area (Å²) in [4.78, 5) is 20.7. The largest absolute Gasteiger partial charge is 0.433 e. The monoisotopic (exact) mass is 401 g/mol. The van der Waals surface area contributed by atoms with Gasteiger partial charge in [0.15, 0.2) is 10.8 Å². The fraction of sp³-hybridized carbons (Fsp3) is 0.588. The molecule has 0 bridgehead atoms. The molecule has 3 rings (SSSR count). The van der Waals surface area contributed by atoms with Gasteiger partial charge in [-0.25, -0.2) is 4.98 Å². The van der Waals surface area contributed by atoms with Crippen molar-refractivity contribution in [1.29, 1.82) is 0 Å². The number of aromatic nitrogens is 3. The number of alkyl halides is 3. The van der Waals surface area contributed by atoms with Crippen molar-refractivity contribution < 1.29 is 18.0 Å². The lowest BCUT2D eigenvalue weighted by Crippen LogP contribution is -2.49. The molecule has 0 atom stereocenters. The molecule has 0 spiro atoms. The van der Waals surface area contributed by atoms with Crippen molar-refractivity contribution in [3.05, 3.63) is 28.5 Å². The smallest absolute Gasteiger partial charge is 0.345 e. The fourth-order valence-electron chi connectivity index (χ4n) is 3.04. The first-order chi connectivity index (χ1) is 12.5. The number of anilines is 1. The van der Waals surface area contributed by atoms with E-state index in [2.05, 4.69) is 10.1 Å². The van der Waals surface area contributed by atoms with Crippen molar-refractivity contribution >= 4 is 22.4 Å². The number of piperazine rings is 1. The van der Waals surface area contributed by atoms with E-state index < -0.39 is 28.9 Å². The molecule has 1 aliphatic rings. The third kappa shape index (κ3) is 3.95. The molecule has 2 aromatic heterocycles. The van der Waals surface area contributed by atoms with Gasteiger partial charge >= 0.3 is 6.18 Å². The van der Waals surface area contributed by atoms with Crippen molar-refractivity contribution in [2.45, 2.75) is 39.4 Å². The quantitative estimate of drug-likeness (QED) is 0.774. The number of hydrogen-bond donors (Lipinski definition) is 0. The molecule has 1 fully saturated rings. The van der Waals surface area contributed by atoms with Crippen LogP contribution in [0.3, 0.4) is 0 Å². The van der Waals surface area contributed by atoms with E-state index in [4.69, 9.17) is 0 Å². The van der Waals surface area contributed by atoms with Crippen molar-refractivity contribution in [3.8, 4) is 0 Å². The number of carbonyl (C=O) groups excluding carboxylic acids is 1. The van der Waals surface area contributed by atoms with Crippen LogP contribution in [0.4, 0.5) is 18.3 Å². The van der Waals surface area contributed by atoms with Crippen molar-refractivity contribution in [2.75, 3.05) is 31.1 Å². The summed E-state index contributed by atoms with van der Waals surface area (Å²) in [5, 5.41) is 6.68. The normalized spacial score (nSPS) is 16.1. The average Bonchev–Trinajstić information content (AvgIpc) is 3.20. The molecule has 10 heteroatoms. The maximum absolute atomic E-state index is 13.6. The van der Waals surface area contributed by atoms with Gasteiger partial charge in [0.2, 0.25) is 0 Å². The highest BCUT2D eigenvalue weighted by atomic mass is 32.1. The minimum absolute atomic E-state index is 0.343. The number of nitrogens with zero attached hydrogens (tertiary/aromatic N) is 5. The Balaban J connectivity index is 1.80. The molecule has 0 unspecified atom stereocenters. The Morgan fingerprint density at radius 2 is 1.78 bits per heavy atom. The second-order valence-electron chi connectivity index (χ2n) is 7.54. The van der Waals surface area contributed by atoms with Gasteiger partial charge in [-0.15, -0.1) is 11.3 Å². The van der Waals surface area contributed by atoms with Crippen LogP contribution in [0.25, 0.3) is 0 Å². The Morgan fingerprint density at radius 1 is 1.15 bits per heavy atom. The predicted molar refractivity (Wildman–Crippen MR) is 97.2 cm³/mol. The Hall–Kier alpha value is -2.10. The minimum atomic E-state index is -4.66. The van der Waals surface area contributed by atoms with Crippen molar-refractivity contribution in [1.82, 2.24) is 19.7 Å². The van der Waals surface area contributed by atoms with E-state index in [0.29, 0.717) is 26.2 Å². The van der Waals surface area contributed by atoms with Crippen LogP contribution >= 0.6 is 11.3 Å². The second kappa shape index (κ2) is 6.81. The molecule has 0 saturated carbocycles. The number of amides is 1. The van der Waals surface area contributed by atoms with Crippen molar-refractivity contribution in [2.24, 2.45) is 0 Å². The van der Waals surface area contributed by atoms with Crippen LogP contribution in [0.15, 0.2) is 11.6 Å². The standard InChI is InChI=1S/C17H22F3N5OS/c1-11-10-27-15(22-11)24-7-5-23(6-8-24)14(26)12-9-21-25(16(2,3)4)13(12)17(18,19)20/h9-10H,5-8H2,1-4H3. The molecule has 0 radical (unpaired) electrons. The molecule has 148 valence electrons. The third-order valence-corrected chi connectivity index (χ3v) is 5.37. The maximum atomic E-state index is 13.6. The van der Waals surface area contributed by atoms with Crippen LogP contribution in [0, 0.1) is 6.92 Å². The summed E-state index contributed by atoms with van der Waals surface area (Å²) in [6, 6.07) is 0. The Kier molecular flexibility index (Phi) is 4.96. The highest BCUT2D eigenvalue weighted by Gasteiger charge is 2.43. The van der Waals surface area contributed by atoms with Crippen LogP contribution in [0.1, 0.15) is 42.5 Å². The van der Waals surface area contributed by atoms with Gasteiger partial charge < -0.3 is 9.80 Å². The molecular formula is C17H22F3N5OS. The molecule has 2 aromatic rings. The lowest BCUT2D eigenvalue weighted by molar-refractivity contribution is -0.146. The SMILES string of the molecule is Cc1csc(N2CCN(C(=O)c3cnn(C(C)(C)C)c3C(F)(F)F)CC2)n1. The lowest BCUT2D eigenvalue weighted by atomic mass is 10.1. The van der Waals surface area contributed by atoms with E-state index in [1.54, 1.807) is 20.8 Å². The highest BCUT2D eigenvalue weighted by Crippen LogP contribution is 2.35.